The molecular formula is C24H27NO3. The molecule has 4 heteroatoms. The number of nitrogens with one attached hydrogen (secondary N) is 1. The van der Waals surface area contributed by atoms with E-state index in [-0.39, 0.29) is 11.9 Å². The lowest BCUT2D eigenvalue weighted by Gasteiger charge is -2.23. The second kappa shape index (κ2) is 7.50. The summed E-state index contributed by atoms with van der Waals surface area (Å²) >= 11 is 0. The third-order valence-electron chi connectivity index (χ3n) is 6.11. The molecule has 1 atom stereocenters. The van der Waals surface area contributed by atoms with Crippen LogP contribution in [0.3, 0.4) is 0 Å². The number of fused-ring (bicyclic) bond motifs is 2. The van der Waals surface area contributed by atoms with Crippen LogP contribution in [-0.2, 0) is 24.1 Å². The first-order valence-corrected chi connectivity index (χ1v) is 10.6. The number of carbonyl (C=O) groups is 1. The van der Waals surface area contributed by atoms with Crippen LogP contribution in [0.25, 0.3) is 0 Å². The number of amides is 1. The Balaban J connectivity index is 1.30. The molecule has 1 unspecified atom stereocenters. The van der Waals surface area contributed by atoms with E-state index in [1.165, 1.54) is 30.4 Å². The molecule has 1 N–H and O–H groups in total. The summed E-state index contributed by atoms with van der Waals surface area (Å²) in [6.07, 6.45) is 7.64. The van der Waals surface area contributed by atoms with Gasteiger partial charge in [-0.3, -0.25) is 4.79 Å². The monoisotopic (exact) mass is 377 g/mol. The largest absolute Gasteiger partial charge is 0.486 e. The summed E-state index contributed by atoms with van der Waals surface area (Å²) in [6, 6.07) is 12.7. The molecule has 0 aromatic heterocycles. The van der Waals surface area contributed by atoms with E-state index in [1.54, 1.807) is 0 Å². The highest BCUT2D eigenvalue weighted by molar-refractivity contribution is 5.79. The SMILES string of the molecule is O=C(Cc1ccc2c(c1)CCCC2)NC(c1ccc2c(c1)OCCO2)C1CC1. The van der Waals surface area contributed by atoms with Gasteiger partial charge in [0, 0.05) is 0 Å². The van der Waals surface area contributed by atoms with E-state index >= 15 is 0 Å². The molecule has 1 fully saturated rings. The Hall–Kier alpha value is -2.49. The van der Waals surface area contributed by atoms with E-state index in [0.717, 1.165) is 41.9 Å². The molecule has 4 nitrogen and oxygen atoms in total. The van der Waals surface area contributed by atoms with Crippen LogP contribution >= 0.6 is 0 Å². The standard InChI is InChI=1S/C24H27NO3/c26-23(14-16-5-6-17-3-1-2-4-19(17)13-16)25-24(18-7-8-18)20-9-10-21-22(15-20)28-12-11-27-21/h5-6,9-10,13,15,18,24H,1-4,7-8,11-12,14H2,(H,25,26). The van der Waals surface area contributed by atoms with Crippen LogP contribution in [0.15, 0.2) is 36.4 Å². The lowest BCUT2D eigenvalue weighted by Crippen LogP contribution is -2.31. The van der Waals surface area contributed by atoms with Gasteiger partial charge in [0.25, 0.3) is 0 Å². The topological polar surface area (TPSA) is 47.6 Å². The van der Waals surface area contributed by atoms with Crippen LogP contribution in [0.4, 0.5) is 0 Å². The fraction of sp³-hybridized carbons (Fsp3) is 0.458. The summed E-state index contributed by atoms with van der Waals surface area (Å²) in [6.45, 7) is 1.17. The minimum absolute atomic E-state index is 0.0564. The van der Waals surface area contributed by atoms with Crippen molar-refractivity contribution in [1.82, 2.24) is 5.32 Å². The van der Waals surface area contributed by atoms with Crippen molar-refractivity contribution in [2.45, 2.75) is 51.0 Å². The quantitative estimate of drug-likeness (QED) is 0.852. The van der Waals surface area contributed by atoms with Crippen molar-refractivity contribution in [3.63, 3.8) is 0 Å². The Kier molecular flexibility index (Phi) is 4.71. The van der Waals surface area contributed by atoms with E-state index in [9.17, 15) is 4.79 Å². The smallest absolute Gasteiger partial charge is 0.224 e. The molecule has 0 saturated heterocycles. The van der Waals surface area contributed by atoms with E-state index < -0.39 is 0 Å². The molecule has 0 radical (unpaired) electrons. The molecule has 3 aliphatic rings. The molecule has 2 aromatic carbocycles. The Labute approximate surface area is 166 Å². The maximum atomic E-state index is 12.8. The summed E-state index contributed by atoms with van der Waals surface area (Å²) in [5, 5.41) is 3.30. The van der Waals surface area contributed by atoms with Gasteiger partial charge in [-0.1, -0.05) is 24.3 Å². The van der Waals surface area contributed by atoms with Crippen molar-refractivity contribution in [2.75, 3.05) is 13.2 Å². The highest BCUT2D eigenvalue weighted by Crippen LogP contribution is 2.43. The van der Waals surface area contributed by atoms with Crippen molar-refractivity contribution in [1.29, 1.82) is 0 Å². The normalized spacial score (nSPS) is 18.9. The van der Waals surface area contributed by atoms with Crippen LogP contribution in [0.5, 0.6) is 11.5 Å². The van der Waals surface area contributed by atoms with Crippen molar-refractivity contribution < 1.29 is 14.3 Å². The zero-order valence-electron chi connectivity index (χ0n) is 16.2. The molecule has 1 heterocycles. The lowest BCUT2D eigenvalue weighted by atomic mass is 9.90. The first-order valence-electron chi connectivity index (χ1n) is 10.6. The van der Waals surface area contributed by atoms with Crippen molar-refractivity contribution in [2.24, 2.45) is 5.92 Å². The summed E-state index contributed by atoms with van der Waals surface area (Å²) in [4.78, 5) is 12.8. The second-order valence-corrected chi connectivity index (χ2v) is 8.27. The first-order chi connectivity index (χ1) is 13.8. The number of hydrogen-bond donors (Lipinski definition) is 1. The molecule has 0 bridgehead atoms. The van der Waals surface area contributed by atoms with Crippen LogP contribution in [0, 0.1) is 5.92 Å². The Morgan fingerprint density at radius 2 is 1.75 bits per heavy atom. The molecule has 0 spiro atoms. The van der Waals surface area contributed by atoms with Gasteiger partial charge in [0.15, 0.2) is 11.5 Å². The van der Waals surface area contributed by atoms with Gasteiger partial charge in [0.2, 0.25) is 5.91 Å². The average Bonchev–Trinajstić information content (AvgIpc) is 3.57. The minimum atomic E-state index is 0.0564. The van der Waals surface area contributed by atoms with Crippen LogP contribution < -0.4 is 14.8 Å². The van der Waals surface area contributed by atoms with Gasteiger partial charge in [-0.2, -0.15) is 0 Å². The summed E-state index contributed by atoms with van der Waals surface area (Å²) in [5.74, 6) is 2.21. The van der Waals surface area contributed by atoms with Crippen LogP contribution in [-0.4, -0.2) is 19.1 Å². The maximum Gasteiger partial charge on any atom is 0.224 e. The Morgan fingerprint density at radius 1 is 0.964 bits per heavy atom. The number of rotatable bonds is 5. The van der Waals surface area contributed by atoms with E-state index in [0.29, 0.717) is 25.6 Å². The van der Waals surface area contributed by atoms with Gasteiger partial charge >= 0.3 is 0 Å². The predicted octanol–water partition coefficient (Wildman–Crippen LogP) is 4.15. The Morgan fingerprint density at radius 3 is 2.57 bits per heavy atom. The maximum absolute atomic E-state index is 12.8. The van der Waals surface area contributed by atoms with Gasteiger partial charge in [0.05, 0.1) is 12.5 Å². The lowest BCUT2D eigenvalue weighted by molar-refractivity contribution is -0.121. The van der Waals surface area contributed by atoms with Gasteiger partial charge < -0.3 is 14.8 Å². The zero-order chi connectivity index (χ0) is 18.9. The fourth-order valence-electron chi connectivity index (χ4n) is 4.46. The minimum Gasteiger partial charge on any atom is -0.486 e. The van der Waals surface area contributed by atoms with Gasteiger partial charge in [0.1, 0.15) is 13.2 Å². The average molecular weight is 377 g/mol. The Bertz CT molecular complexity index is 887. The third-order valence-corrected chi connectivity index (χ3v) is 6.11. The van der Waals surface area contributed by atoms with E-state index in [1.807, 2.05) is 12.1 Å². The van der Waals surface area contributed by atoms with Gasteiger partial charge in [-0.05, 0) is 78.8 Å². The molecule has 2 aromatic rings. The van der Waals surface area contributed by atoms with Crippen LogP contribution in [0.1, 0.15) is 54.0 Å². The molecule has 1 aliphatic heterocycles. The summed E-state index contributed by atoms with van der Waals surface area (Å²) in [5.41, 5.74) is 5.13. The van der Waals surface area contributed by atoms with Crippen LogP contribution in [0.2, 0.25) is 0 Å². The number of benzene rings is 2. The van der Waals surface area contributed by atoms with Crippen molar-refractivity contribution >= 4 is 5.91 Å². The number of carbonyl (C=O) groups excluding carboxylic acids is 1. The molecule has 1 saturated carbocycles. The zero-order valence-corrected chi connectivity index (χ0v) is 16.2. The summed E-state index contributed by atoms with van der Waals surface area (Å²) < 4.78 is 11.4. The number of hydrogen-bond acceptors (Lipinski definition) is 3. The molecule has 28 heavy (non-hydrogen) atoms. The van der Waals surface area contributed by atoms with Gasteiger partial charge in [-0.25, -0.2) is 0 Å². The molecule has 5 rings (SSSR count). The molecule has 1 amide bonds. The highest BCUT2D eigenvalue weighted by atomic mass is 16.6. The third kappa shape index (κ3) is 3.73. The highest BCUT2D eigenvalue weighted by Gasteiger charge is 2.34. The van der Waals surface area contributed by atoms with Crippen molar-refractivity contribution in [3.8, 4) is 11.5 Å². The van der Waals surface area contributed by atoms with E-state index in [2.05, 4.69) is 29.6 Å². The summed E-state index contributed by atoms with van der Waals surface area (Å²) in [7, 11) is 0. The first kappa shape index (κ1) is 17.6. The van der Waals surface area contributed by atoms with E-state index in [4.69, 9.17) is 9.47 Å². The van der Waals surface area contributed by atoms with Gasteiger partial charge in [-0.15, -0.1) is 0 Å². The molecule has 146 valence electrons. The second-order valence-electron chi connectivity index (χ2n) is 8.27. The molecular weight excluding hydrogens is 350 g/mol. The number of aryl methyl sites for hydroxylation is 2. The molecule has 2 aliphatic carbocycles. The fourth-order valence-corrected chi connectivity index (χ4v) is 4.46. The number of ether oxygens (including phenoxy) is 2. The van der Waals surface area contributed by atoms with Crippen molar-refractivity contribution in [3.05, 3.63) is 58.7 Å². The predicted molar refractivity (Wildman–Crippen MR) is 108 cm³/mol.